The monoisotopic (exact) mass is 293 g/mol. The van der Waals surface area contributed by atoms with Crippen molar-refractivity contribution in [3.63, 3.8) is 0 Å². The fraction of sp³-hybridized carbons (Fsp3) is 0.450. The van der Waals surface area contributed by atoms with E-state index in [1.807, 2.05) is 30.5 Å². The smallest absolute Gasteiger partial charge is 0.0828 e. The quantitative estimate of drug-likeness (QED) is 0.845. The van der Waals surface area contributed by atoms with E-state index >= 15 is 0 Å². The van der Waals surface area contributed by atoms with Crippen LogP contribution < -0.4 is 0 Å². The van der Waals surface area contributed by atoms with E-state index in [1.165, 1.54) is 19.3 Å². The second-order valence-electron chi connectivity index (χ2n) is 6.99. The van der Waals surface area contributed by atoms with E-state index in [1.54, 1.807) is 0 Å². The van der Waals surface area contributed by atoms with Crippen LogP contribution in [0, 0.1) is 23.7 Å². The van der Waals surface area contributed by atoms with Gasteiger partial charge in [0.25, 0.3) is 0 Å². The summed E-state index contributed by atoms with van der Waals surface area (Å²) >= 11 is 0. The summed E-state index contributed by atoms with van der Waals surface area (Å²) in [5, 5.41) is 12.2. The average molecular weight is 293 g/mol. The zero-order valence-corrected chi connectivity index (χ0v) is 12.9. The first kappa shape index (κ1) is 14.0. The fourth-order valence-electron chi connectivity index (χ4n) is 4.81. The maximum atomic E-state index is 11.1. The summed E-state index contributed by atoms with van der Waals surface area (Å²) in [5.41, 5.74) is 2.03. The first-order valence-electron chi connectivity index (χ1n) is 8.42. The lowest BCUT2D eigenvalue weighted by molar-refractivity contribution is -0.0217. The molecule has 2 unspecified atom stereocenters. The lowest BCUT2D eigenvalue weighted by atomic mass is 9.58. The third-order valence-corrected chi connectivity index (χ3v) is 5.98. The summed E-state index contributed by atoms with van der Waals surface area (Å²) in [7, 11) is 0. The summed E-state index contributed by atoms with van der Waals surface area (Å²) in [6.45, 7) is 4.00. The number of fused-ring (bicyclic) bond motifs is 4. The molecular formula is C20H23NO. The highest BCUT2D eigenvalue weighted by Crippen LogP contribution is 2.52. The van der Waals surface area contributed by atoms with Crippen LogP contribution in [0.4, 0.5) is 0 Å². The highest BCUT2D eigenvalue weighted by atomic mass is 16.3. The number of hydrogen-bond acceptors (Lipinski definition) is 2. The van der Waals surface area contributed by atoms with Crippen LogP contribution in [0.25, 0.3) is 10.9 Å². The van der Waals surface area contributed by atoms with Crippen molar-refractivity contribution in [1.29, 1.82) is 0 Å². The van der Waals surface area contributed by atoms with E-state index in [0.717, 1.165) is 28.8 Å². The molecule has 1 aromatic heterocycles. The van der Waals surface area contributed by atoms with Crippen LogP contribution in [0.5, 0.6) is 0 Å². The van der Waals surface area contributed by atoms with Gasteiger partial charge in [-0.25, -0.2) is 0 Å². The summed E-state index contributed by atoms with van der Waals surface area (Å²) in [4.78, 5) is 4.42. The van der Waals surface area contributed by atoms with Crippen LogP contribution in [0.3, 0.4) is 0 Å². The van der Waals surface area contributed by atoms with Crippen molar-refractivity contribution in [3.8, 4) is 0 Å². The van der Waals surface area contributed by atoms with Crippen LogP contribution >= 0.6 is 0 Å². The molecule has 0 radical (unpaired) electrons. The van der Waals surface area contributed by atoms with Gasteiger partial charge in [-0.2, -0.15) is 0 Å². The second kappa shape index (κ2) is 5.51. The number of aliphatic hydroxyl groups excluding tert-OH is 1. The fourth-order valence-corrected chi connectivity index (χ4v) is 4.81. The van der Waals surface area contributed by atoms with Gasteiger partial charge in [-0.3, -0.25) is 4.98 Å². The second-order valence-corrected chi connectivity index (χ2v) is 6.99. The molecule has 1 heterocycles. The average Bonchev–Trinajstić information content (AvgIpc) is 2.60. The Morgan fingerprint density at radius 3 is 2.73 bits per heavy atom. The molecule has 0 aliphatic heterocycles. The highest BCUT2D eigenvalue weighted by Gasteiger charge is 2.43. The zero-order chi connectivity index (χ0) is 15.1. The maximum Gasteiger partial charge on any atom is 0.0828 e. The zero-order valence-electron chi connectivity index (χ0n) is 12.9. The van der Waals surface area contributed by atoms with Crippen molar-refractivity contribution in [2.24, 2.45) is 23.7 Å². The molecule has 2 heteroatoms. The molecule has 3 fully saturated rings. The summed E-state index contributed by atoms with van der Waals surface area (Å²) in [6.07, 6.45) is 8.52. The number of rotatable bonds is 3. The largest absolute Gasteiger partial charge is 0.388 e. The lowest BCUT2D eigenvalue weighted by Crippen LogP contribution is -2.39. The molecule has 114 valence electrons. The summed E-state index contributed by atoms with van der Waals surface area (Å²) in [5.74, 6) is 2.40. The van der Waals surface area contributed by atoms with E-state index in [-0.39, 0.29) is 6.10 Å². The standard InChI is InChI=1S/C20H23NO/c1-2-13-11-15-8-7-14(13)12-18(15)20(22)17-9-10-21-19-6-4-3-5-16(17)19/h2-6,9-10,13-15,18,20,22H,1,7-8,11-12H2/t13?,14-,15?,18+,20+/m1/s1. The first-order valence-corrected chi connectivity index (χ1v) is 8.42. The van der Waals surface area contributed by atoms with Crippen molar-refractivity contribution >= 4 is 10.9 Å². The Bertz CT molecular complexity index is 690. The van der Waals surface area contributed by atoms with E-state index in [4.69, 9.17) is 0 Å². The van der Waals surface area contributed by atoms with Crippen molar-refractivity contribution in [3.05, 3.63) is 54.7 Å². The molecule has 2 aromatic rings. The van der Waals surface area contributed by atoms with Crippen LogP contribution in [0.2, 0.25) is 0 Å². The Morgan fingerprint density at radius 2 is 1.95 bits per heavy atom. The lowest BCUT2D eigenvalue weighted by Gasteiger charge is -2.48. The molecule has 22 heavy (non-hydrogen) atoms. The number of aromatic nitrogens is 1. The van der Waals surface area contributed by atoms with Crippen LogP contribution in [0.1, 0.15) is 37.4 Å². The number of nitrogens with zero attached hydrogens (tertiary/aromatic N) is 1. The number of pyridine rings is 1. The topological polar surface area (TPSA) is 33.1 Å². The van der Waals surface area contributed by atoms with E-state index in [0.29, 0.717) is 17.8 Å². The van der Waals surface area contributed by atoms with E-state index in [9.17, 15) is 5.11 Å². The molecule has 1 aromatic carbocycles. The minimum atomic E-state index is -0.369. The number of allylic oxidation sites excluding steroid dienone is 1. The highest BCUT2D eigenvalue weighted by molar-refractivity contribution is 5.82. The van der Waals surface area contributed by atoms with Gasteiger partial charge in [0.15, 0.2) is 0 Å². The van der Waals surface area contributed by atoms with Crippen molar-refractivity contribution in [2.75, 3.05) is 0 Å². The van der Waals surface area contributed by atoms with Gasteiger partial charge in [0.1, 0.15) is 0 Å². The van der Waals surface area contributed by atoms with Gasteiger partial charge in [0.2, 0.25) is 0 Å². The Hall–Kier alpha value is -1.67. The molecule has 5 rings (SSSR count). The van der Waals surface area contributed by atoms with Crippen LogP contribution in [-0.2, 0) is 0 Å². The number of benzene rings is 1. The molecule has 2 bridgehead atoms. The SMILES string of the molecule is C=CC1CC2CC[C@@H]1C[C@@H]2[C@@H](O)c1ccnc2ccccc12. The van der Waals surface area contributed by atoms with Gasteiger partial charge in [-0.15, -0.1) is 6.58 Å². The number of para-hydroxylation sites is 1. The Morgan fingerprint density at radius 1 is 1.14 bits per heavy atom. The first-order chi connectivity index (χ1) is 10.8. The van der Waals surface area contributed by atoms with Crippen LogP contribution in [0.15, 0.2) is 49.2 Å². The third-order valence-electron chi connectivity index (χ3n) is 5.98. The Labute approximate surface area is 131 Å². The Balaban J connectivity index is 1.67. The molecule has 3 aliphatic carbocycles. The van der Waals surface area contributed by atoms with Gasteiger partial charge in [0, 0.05) is 11.6 Å². The van der Waals surface area contributed by atoms with Gasteiger partial charge in [-0.1, -0.05) is 24.3 Å². The van der Waals surface area contributed by atoms with Gasteiger partial charge in [0.05, 0.1) is 11.6 Å². The minimum absolute atomic E-state index is 0.369. The predicted octanol–water partition coefficient (Wildman–Crippen LogP) is 4.51. The summed E-state index contributed by atoms with van der Waals surface area (Å²) < 4.78 is 0. The van der Waals surface area contributed by atoms with Gasteiger partial charge >= 0.3 is 0 Å². The molecule has 3 aliphatic rings. The van der Waals surface area contributed by atoms with Crippen LogP contribution in [-0.4, -0.2) is 10.1 Å². The molecular weight excluding hydrogens is 270 g/mol. The molecule has 0 saturated heterocycles. The predicted molar refractivity (Wildman–Crippen MR) is 89.3 cm³/mol. The molecule has 2 nitrogen and oxygen atoms in total. The van der Waals surface area contributed by atoms with Crippen molar-refractivity contribution < 1.29 is 5.11 Å². The normalized spacial score (nSPS) is 32.0. The third kappa shape index (κ3) is 2.17. The maximum absolute atomic E-state index is 11.1. The molecule has 5 atom stereocenters. The number of hydrogen-bond donors (Lipinski definition) is 1. The molecule has 0 amide bonds. The van der Waals surface area contributed by atoms with Crippen molar-refractivity contribution in [1.82, 2.24) is 4.98 Å². The number of aliphatic hydroxyl groups is 1. The van der Waals surface area contributed by atoms with Gasteiger partial charge < -0.3 is 5.11 Å². The summed E-state index contributed by atoms with van der Waals surface area (Å²) in [6, 6.07) is 10.1. The molecule has 1 N–H and O–H groups in total. The Kier molecular flexibility index (Phi) is 3.50. The van der Waals surface area contributed by atoms with Crippen molar-refractivity contribution in [2.45, 2.75) is 31.8 Å². The minimum Gasteiger partial charge on any atom is -0.388 e. The van der Waals surface area contributed by atoms with E-state index in [2.05, 4.69) is 23.7 Å². The van der Waals surface area contributed by atoms with Gasteiger partial charge in [-0.05, 0) is 67.1 Å². The molecule has 0 spiro atoms. The van der Waals surface area contributed by atoms with E-state index < -0.39 is 0 Å². The molecule has 3 saturated carbocycles.